The number of nitrogens with one attached hydrogen (secondary N) is 1. The lowest BCUT2D eigenvalue weighted by molar-refractivity contribution is 0.693. The van der Waals surface area contributed by atoms with Crippen molar-refractivity contribution in [1.82, 2.24) is 29.9 Å². The lowest BCUT2D eigenvalue weighted by atomic mass is 10.1. The van der Waals surface area contributed by atoms with Crippen LogP contribution in [0.5, 0.6) is 0 Å². The smallest absolute Gasteiger partial charge is 0.0973 e. The Hall–Kier alpha value is -4.03. The molecule has 1 N–H and O–H groups in total. The van der Waals surface area contributed by atoms with Gasteiger partial charge in [-0.05, 0) is 48.0 Å². The predicted octanol–water partition coefficient (Wildman–Crippen LogP) is 4.41. The van der Waals surface area contributed by atoms with Crippen LogP contribution in [0.15, 0.2) is 104 Å². The second-order valence-corrected chi connectivity index (χ2v) is 7.24. The second kappa shape index (κ2) is 8.77. The Bertz CT molecular complexity index is 1230. The molecule has 0 fully saturated rings. The third kappa shape index (κ3) is 4.29. The van der Waals surface area contributed by atoms with Crippen molar-refractivity contribution in [2.75, 3.05) is 0 Å². The summed E-state index contributed by atoms with van der Waals surface area (Å²) in [6.45, 7) is 1.48. The Morgan fingerprint density at radius 2 is 1.48 bits per heavy atom. The van der Waals surface area contributed by atoms with Crippen molar-refractivity contribution < 1.29 is 0 Å². The van der Waals surface area contributed by atoms with Crippen molar-refractivity contribution in [2.24, 2.45) is 0 Å². The highest BCUT2D eigenvalue weighted by Crippen LogP contribution is 2.23. The number of aromatic nitrogens is 5. The van der Waals surface area contributed by atoms with Gasteiger partial charge in [0.05, 0.1) is 17.1 Å². The summed E-state index contributed by atoms with van der Waals surface area (Å²) in [5.74, 6) is 0. The van der Waals surface area contributed by atoms with Gasteiger partial charge in [0.25, 0.3) is 0 Å². The fourth-order valence-electron chi connectivity index (χ4n) is 3.53. The molecule has 0 atom stereocenters. The Labute approximate surface area is 180 Å². The van der Waals surface area contributed by atoms with E-state index in [2.05, 4.69) is 58.0 Å². The van der Waals surface area contributed by atoms with Crippen LogP contribution in [0, 0.1) is 0 Å². The number of hydrogen-bond donors (Lipinski definition) is 1. The van der Waals surface area contributed by atoms with Crippen LogP contribution >= 0.6 is 0 Å². The quantitative estimate of drug-likeness (QED) is 0.435. The Balaban J connectivity index is 1.33. The summed E-state index contributed by atoms with van der Waals surface area (Å²) in [7, 11) is 0. The third-order valence-electron chi connectivity index (χ3n) is 5.11. The van der Waals surface area contributed by atoms with Gasteiger partial charge in [0.2, 0.25) is 0 Å². The topological polar surface area (TPSA) is 60.6 Å². The van der Waals surface area contributed by atoms with E-state index in [0.717, 1.165) is 34.7 Å². The Morgan fingerprint density at radius 3 is 2.23 bits per heavy atom. The highest BCUT2D eigenvalue weighted by molar-refractivity contribution is 5.62. The summed E-state index contributed by atoms with van der Waals surface area (Å²) < 4.78 is 3.79. The van der Waals surface area contributed by atoms with Crippen LogP contribution in [-0.4, -0.2) is 24.5 Å². The molecule has 152 valence electrons. The molecule has 0 spiro atoms. The van der Waals surface area contributed by atoms with Gasteiger partial charge in [0, 0.05) is 55.2 Å². The maximum Gasteiger partial charge on any atom is 0.0973 e. The van der Waals surface area contributed by atoms with E-state index < -0.39 is 0 Å². The standard InChI is InChI=1S/C25H22N6/c1-2-5-23(6-3-1)31-19-22(25(29-31)21-11-14-26-15-12-21)18-27-17-20-7-9-24(10-8-20)30-16-4-13-28-30/h1-16,19,27H,17-18H2. The van der Waals surface area contributed by atoms with Crippen LogP contribution in [0.4, 0.5) is 0 Å². The number of nitrogens with zero attached hydrogens (tertiary/aromatic N) is 5. The Kier molecular flexibility index (Phi) is 5.36. The molecular weight excluding hydrogens is 384 g/mol. The van der Waals surface area contributed by atoms with Gasteiger partial charge in [-0.25, -0.2) is 9.36 Å². The highest BCUT2D eigenvalue weighted by atomic mass is 15.3. The fourth-order valence-corrected chi connectivity index (χ4v) is 3.53. The van der Waals surface area contributed by atoms with Gasteiger partial charge in [0.15, 0.2) is 0 Å². The molecule has 0 saturated carbocycles. The van der Waals surface area contributed by atoms with E-state index in [1.165, 1.54) is 5.56 Å². The number of rotatable bonds is 7. The van der Waals surface area contributed by atoms with E-state index in [1.54, 1.807) is 18.6 Å². The van der Waals surface area contributed by atoms with Gasteiger partial charge < -0.3 is 5.32 Å². The SMILES string of the molecule is c1ccc(-n2cc(CNCc3ccc(-n4cccn4)cc3)c(-c3ccncc3)n2)cc1. The number of pyridine rings is 1. The molecule has 5 rings (SSSR count). The normalized spacial score (nSPS) is 11.0. The first kappa shape index (κ1) is 19.0. The molecular formula is C25H22N6. The van der Waals surface area contributed by atoms with Crippen LogP contribution in [0.1, 0.15) is 11.1 Å². The van der Waals surface area contributed by atoms with E-state index >= 15 is 0 Å². The molecule has 3 aromatic heterocycles. The lowest BCUT2D eigenvalue weighted by Crippen LogP contribution is -2.13. The first-order chi connectivity index (χ1) is 15.4. The van der Waals surface area contributed by atoms with Crippen LogP contribution in [0.3, 0.4) is 0 Å². The van der Waals surface area contributed by atoms with Crippen LogP contribution < -0.4 is 5.32 Å². The zero-order chi connectivity index (χ0) is 20.9. The minimum Gasteiger partial charge on any atom is -0.308 e. The molecule has 0 saturated heterocycles. The second-order valence-electron chi connectivity index (χ2n) is 7.24. The molecule has 0 radical (unpaired) electrons. The van der Waals surface area contributed by atoms with Crippen LogP contribution in [0.2, 0.25) is 0 Å². The van der Waals surface area contributed by atoms with Crippen molar-refractivity contribution in [2.45, 2.75) is 13.1 Å². The number of para-hydroxylation sites is 1. The van der Waals surface area contributed by atoms with Crippen molar-refractivity contribution in [1.29, 1.82) is 0 Å². The van der Waals surface area contributed by atoms with Crippen LogP contribution in [0.25, 0.3) is 22.6 Å². The van der Waals surface area contributed by atoms with E-state index in [-0.39, 0.29) is 0 Å². The molecule has 0 aliphatic heterocycles. The van der Waals surface area contributed by atoms with Gasteiger partial charge in [-0.2, -0.15) is 10.2 Å². The summed E-state index contributed by atoms with van der Waals surface area (Å²) in [5.41, 5.74) is 6.48. The number of benzene rings is 2. The molecule has 6 nitrogen and oxygen atoms in total. The van der Waals surface area contributed by atoms with Crippen molar-refractivity contribution in [3.05, 3.63) is 115 Å². The third-order valence-corrected chi connectivity index (χ3v) is 5.11. The lowest BCUT2D eigenvalue weighted by Gasteiger charge is -2.07. The molecule has 3 heterocycles. The van der Waals surface area contributed by atoms with E-state index in [4.69, 9.17) is 5.10 Å². The van der Waals surface area contributed by atoms with Crippen molar-refractivity contribution in [3.63, 3.8) is 0 Å². The molecule has 0 aliphatic carbocycles. The molecule has 2 aromatic carbocycles. The highest BCUT2D eigenvalue weighted by Gasteiger charge is 2.12. The van der Waals surface area contributed by atoms with E-state index in [1.807, 2.05) is 52.0 Å². The van der Waals surface area contributed by atoms with Gasteiger partial charge in [0.1, 0.15) is 0 Å². The Morgan fingerprint density at radius 1 is 0.710 bits per heavy atom. The van der Waals surface area contributed by atoms with Crippen molar-refractivity contribution in [3.8, 4) is 22.6 Å². The maximum atomic E-state index is 4.86. The molecule has 6 heteroatoms. The van der Waals surface area contributed by atoms with Gasteiger partial charge >= 0.3 is 0 Å². The average molecular weight is 406 g/mol. The molecule has 0 unspecified atom stereocenters. The molecule has 0 amide bonds. The fraction of sp³-hybridized carbons (Fsp3) is 0.0800. The van der Waals surface area contributed by atoms with Gasteiger partial charge in [-0.1, -0.05) is 30.3 Å². The van der Waals surface area contributed by atoms with E-state index in [0.29, 0.717) is 6.54 Å². The molecule has 0 bridgehead atoms. The summed E-state index contributed by atoms with van der Waals surface area (Å²) in [4.78, 5) is 4.14. The molecule has 0 aliphatic rings. The predicted molar refractivity (Wildman–Crippen MR) is 121 cm³/mol. The van der Waals surface area contributed by atoms with Gasteiger partial charge in [-0.15, -0.1) is 0 Å². The largest absolute Gasteiger partial charge is 0.308 e. The summed E-state index contributed by atoms with van der Waals surface area (Å²) >= 11 is 0. The minimum atomic E-state index is 0.714. The maximum absolute atomic E-state index is 4.86. The first-order valence-corrected chi connectivity index (χ1v) is 10.2. The minimum absolute atomic E-state index is 0.714. The monoisotopic (exact) mass is 406 g/mol. The summed E-state index contributed by atoms with van der Waals surface area (Å²) in [6, 6.07) is 24.5. The number of hydrogen-bond acceptors (Lipinski definition) is 4. The van der Waals surface area contributed by atoms with Gasteiger partial charge in [-0.3, -0.25) is 4.98 Å². The average Bonchev–Trinajstić information content (AvgIpc) is 3.52. The summed E-state index contributed by atoms with van der Waals surface area (Å²) in [5, 5.41) is 12.7. The first-order valence-electron chi connectivity index (χ1n) is 10.2. The van der Waals surface area contributed by atoms with Crippen molar-refractivity contribution >= 4 is 0 Å². The van der Waals surface area contributed by atoms with Crippen LogP contribution in [-0.2, 0) is 13.1 Å². The molecule has 5 aromatic rings. The zero-order valence-electron chi connectivity index (χ0n) is 17.0. The summed E-state index contributed by atoms with van der Waals surface area (Å²) in [6.07, 6.45) is 9.42. The van der Waals surface area contributed by atoms with E-state index in [9.17, 15) is 0 Å². The zero-order valence-corrected chi connectivity index (χ0v) is 17.0. The molecule has 31 heavy (non-hydrogen) atoms.